The van der Waals surface area contributed by atoms with Crippen LogP contribution in [-0.2, 0) is 34.3 Å². The van der Waals surface area contributed by atoms with Crippen LogP contribution in [-0.4, -0.2) is 83.8 Å². The van der Waals surface area contributed by atoms with Gasteiger partial charge in [0.1, 0.15) is 33.7 Å². The maximum Gasteiger partial charge on any atom is 0.353 e. The first-order valence-electron chi connectivity index (χ1n) is 17.7. The highest BCUT2D eigenvalue weighted by Gasteiger charge is 2.58. The number of β-lactam (4-membered cyclic amide) rings is 1. The van der Waals surface area contributed by atoms with Gasteiger partial charge >= 0.3 is 11.9 Å². The van der Waals surface area contributed by atoms with Crippen molar-refractivity contribution in [2.24, 2.45) is 10.6 Å². The molecule has 2 unspecified atom stereocenters. The van der Waals surface area contributed by atoms with Gasteiger partial charge in [-0.25, -0.2) is 9.78 Å². The zero-order valence-corrected chi connectivity index (χ0v) is 34.2. The third kappa shape index (κ3) is 7.57. The van der Waals surface area contributed by atoms with Gasteiger partial charge in [-0.05, 0) is 37.5 Å². The summed E-state index contributed by atoms with van der Waals surface area (Å²) < 4.78 is 5.94. The van der Waals surface area contributed by atoms with Crippen molar-refractivity contribution < 1.29 is 33.9 Å². The van der Waals surface area contributed by atoms with E-state index in [1.807, 2.05) is 114 Å². The zero-order chi connectivity index (χ0) is 39.0. The van der Waals surface area contributed by atoms with Gasteiger partial charge in [-0.15, -0.1) is 23.1 Å². The maximum atomic E-state index is 14.2. The molecule has 7 rings (SSSR count). The number of thiazole rings is 1. The van der Waals surface area contributed by atoms with Crippen molar-refractivity contribution in [3.05, 3.63) is 119 Å². The number of ether oxygens (including phenoxy) is 1. The highest BCUT2D eigenvalue weighted by Crippen LogP contribution is 2.45. The van der Waals surface area contributed by atoms with E-state index in [2.05, 4.69) is 15.8 Å². The summed E-state index contributed by atoms with van der Waals surface area (Å²) in [4.78, 5) is 65.1. The lowest BCUT2D eigenvalue weighted by atomic mass is 9.77. The zero-order valence-electron chi connectivity index (χ0n) is 30.4. The number of carbonyl (C=O) groups is 4. The number of nitrogens with one attached hydrogen (secondary N) is 2. The molecule has 3 heterocycles. The first kappa shape index (κ1) is 38.8. The van der Waals surface area contributed by atoms with Crippen molar-refractivity contribution in [1.29, 1.82) is 0 Å². The van der Waals surface area contributed by atoms with E-state index >= 15 is 0 Å². The Bertz CT molecular complexity index is 2010. The van der Waals surface area contributed by atoms with Crippen LogP contribution in [0.4, 0.5) is 5.13 Å². The summed E-state index contributed by atoms with van der Waals surface area (Å²) in [5.74, 6) is -2.35. The molecule has 3 N–H and O–H groups in total. The van der Waals surface area contributed by atoms with Crippen LogP contribution in [0.1, 0.15) is 56.0 Å². The fourth-order valence-electron chi connectivity index (χ4n) is 6.64. The Labute approximate surface area is 340 Å². The fourth-order valence-corrected chi connectivity index (χ4v) is 10.1. The number of carbonyl (C=O) groups excluding carboxylic acids is 3. The standard InChI is InChI=1S/C40H40IN5O7S2/c1-37(2,3)52-35(51)39(19-20-39)53-45-29(31(47)43-30-32(48)46-23-38(22-41,34(49)50)24-55-33(30)46)28-21-54-36(42-28)44-40(25-13-7-4-8-14-25,26-15-9-5-10-16-26)27-17-11-6-12-18-27/h4-18,21,30,33H,19-20,22-24H2,1-3H3,(H,42,44)(H,43,47)(H,49,50)/t30?,33-,38?/m1/s1. The third-order valence-corrected chi connectivity index (χ3v) is 13.6. The summed E-state index contributed by atoms with van der Waals surface area (Å²) in [6, 6.07) is 29.1. The topological polar surface area (TPSA) is 160 Å². The number of alkyl halides is 1. The second-order valence-corrected chi connectivity index (χ2v) is 17.6. The lowest BCUT2D eigenvalue weighted by Gasteiger charge is -2.53. The molecule has 2 aliphatic heterocycles. The Kier molecular flexibility index (Phi) is 10.7. The minimum absolute atomic E-state index is 0.0592. The van der Waals surface area contributed by atoms with Crippen LogP contribution in [0.25, 0.3) is 0 Å². The molecule has 3 fully saturated rings. The molecule has 0 bridgehead atoms. The Morgan fingerprint density at radius 2 is 1.53 bits per heavy atom. The number of fused-ring (bicyclic) bond motifs is 1. The minimum Gasteiger partial charge on any atom is -0.481 e. The number of hydrogen-bond donors (Lipinski definition) is 3. The van der Waals surface area contributed by atoms with E-state index in [1.54, 1.807) is 26.2 Å². The molecule has 2 amide bonds. The number of rotatable bonds is 13. The van der Waals surface area contributed by atoms with Crippen molar-refractivity contribution in [3.63, 3.8) is 0 Å². The SMILES string of the molecule is CC(C)(C)OC(=O)C1(ON=C(C(=O)NC2C(=O)N3CC(CI)(C(=O)O)CS[C@H]23)c2csc(NC(c3ccccc3)(c3ccccc3)c3ccccc3)n2)CC1. The van der Waals surface area contributed by atoms with Gasteiger partial charge in [0.05, 0.1) is 0 Å². The van der Waals surface area contributed by atoms with E-state index < -0.39 is 51.4 Å². The molecule has 0 spiro atoms. The molecule has 3 aliphatic rings. The average molecular weight is 894 g/mol. The second kappa shape index (κ2) is 15.2. The Balaban J connectivity index is 1.22. The van der Waals surface area contributed by atoms with Crippen molar-refractivity contribution in [3.8, 4) is 0 Å². The summed E-state index contributed by atoms with van der Waals surface area (Å²) in [5.41, 5.74) is -1.24. The van der Waals surface area contributed by atoms with Crippen LogP contribution in [0.15, 0.2) is 102 Å². The lowest BCUT2D eigenvalue weighted by molar-refractivity contribution is -0.172. The first-order valence-corrected chi connectivity index (χ1v) is 21.2. The molecule has 1 aliphatic carbocycles. The van der Waals surface area contributed by atoms with E-state index in [9.17, 15) is 24.3 Å². The molecule has 0 radical (unpaired) electrons. The predicted octanol–water partition coefficient (Wildman–Crippen LogP) is 6.05. The molecule has 15 heteroatoms. The van der Waals surface area contributed by atoms with Gasteiger partial charge < -0.3 is 30.2 Å². The van der Waals surface area contributed by atoms with Gasteiger partial charge in [0.25, 0.3) is 5.91 Å². The van der Waals surface area contributed by atoms with Gasteiger partial charge in [-0.1, -0.05) is 119 Å². The number of hydrogen-bond acceptors (Lipinski definition) is 11. The molecule has 4 aromatic rings. The summed E-state index contributed by atoms with van der Waals surface area (Å²) >= 11 is 4.63. The van der Waals surface area contributed by atoms with E-state index in [0.29, 0.717) is 28.2 Å². The predicted molar refractivity (Wildman–Crippen MR) is 219 cm³/mol. The molecule has 12 nitrogen and oxygen atoms in total. The molecule has 1 aromatic heterocycles. The Morgan fingerprint density at radius 1 is 0.964 bits per heavy atom. The molecular formula is C40H40IN5O7S2. The Hall–Kier alpha value is -4.48. The summed E-state index contributed by atoms with van der Waals surface area (Å²) in [7, 11) is 0. The van der Waals surface area contributed by atoms with Crippen molar-refractivity contribution in [2.45, 2.75) is 61.8 Å². The highest BCUT2D eigenvalue weighted by atomic mass is 127. The Morgan fingerprint density at radius 3 is 2.02 bits per heavy atom. The van der Waals surface area contributed by atoms with Gasteiger partial charge in [0, 0.05) is 34.9 Å². The normalized spacial score (nSPS) is 21.8. The second-order valence-electron chi connectivity index (χ2n) is 14.9. The first-order chi connectivity index (χ1) is 26.3. The fraction of sp³-hybridized carbons (Fsp3) is 0.350. The minimum atomic E-state index is -1.35. The number of amides is 2. The number of halogens is 1. The molecule has 3 aromatic carbocycles. The quantitative estimate of drug-likeness (QED) is 0.0275. The number of thioether (sulfide) groups is 1. The largest absolute Gasteiger partial charge is 0.481 e. The number of esters is 1. The molecule has 1 saturated carbocycles. The van der Waals surface area contributed by atoms with Crippen LogP contribution in [0.2, 0.25) is 0 Å². The molecule has 55 heavy (non-hydrogen) atoms. The number of nitrogens with zero attached hydrogens (tertiary/aromatic N) is 3. The number of anilines is 1. The van der Waals surface area contributed by atoms with Crippen LogP contribution >= 0.6 is 45.7 Å². The lowest BCUT2D eigenvalue weighted by Crippen LogP contribution is -2.74. The number of carboxylic acids is 1. The summed E-state index contributed by atoms with van der Waals surface area (Å²) in [6.45, 7) is 5.34. The van der Waals surface area contributed by atoms with Crippen LogP contribution in [0.5, 0.6) is 0 Å². The van der Waals surface area contributed by atoms with Gasteiger partial charge in [0.2, 0.25) is 11.5 Å². The van der Waals surface area contributed by atoms with Crippen LogP contribution < -0.4 is 10.6 Å². The monoisotopic (exact) mass is 893 g/mol. The molecule has 286 valence electrons. The highest BCUT2D eigenvalue weighted by molar-refractivity contribution is 14.1. The molecule has 3 atom stereocenters. The number of benzene rings is 3. The van der Waals surface area contributed by atoms with Gasteiger partial charge in [-0.3, -0.25) is 14.4 Å². The number of aromatic nitrogens is 1. The van der Waals surface area contributed by atoms with Crippen molar-refractivity contribution in [1.82, 2.24) is 15.2 Å². The smallest absolute Gasteiger partial charge is 0.353 e. The molecule has 2 saturated heterocycles. The van der Waals surface area contributed by atoms with E-state index in [-0.39, 0.29) is 23.9 Å². The van der Waals surface area contributed by atoms with Crippen molar-refractivity contribution >= 4 is 80.3 Å². The van der Waals surface area contributed by atoms with Crippen LogP contribution in [0.3, 0.4) is 0 Å². The maximum absolute atomic E-state index is 14.2. The van der Waals surface area contributed by atoms with E-state index in [1.165, 1.54) is 28.0 Å². The van der Waals surface area contributed by atoms with Gasteiger partial charge in [-0.2, -0.15) is 0 Å². The van der Waals surface area contributed by atoms with Crippen molar-refractivity contribution in [2.75, 3.05) is 22.0 Å². The van der Waals surface area contributed by atoms with Crippen LogP contribution in [0, 0.1) is 5.41 Å². The molecular weight excluding hydrogens is 854 g/mol. The number of carboxylic acid groups (broad SMARTS) is 1. The summed E-state index contributed by atoms with van der Waals surface area (Å²) in [6.07, 6.45) is 0.712. The summed E-state index contributed by atoms with van der Waals surface area (Å²) in [5, 5.41) is 22.4. The van der Waals surface area contributed by atoms with E-state index in [4.69, 9.17) is 14.6 Å². The third-order valence-electron chi connectivity index (χ3n) is 9.80. The number of aliphatic carboxylic acids is 1. The van der Waals surface area contributed by atoms with Gasteiger partial charge in [0.15, 0.2) is 10.8 Å². The average Bonchev–Trinajstić information content (AvgIpc) is 3.85. The number of oxime groups is 1. The van der Waals surface area contributed by atoms with E-state index in [0.717, 1.165) is 16.7 Å².